The summed E-state index contributed by atoms with van der Waals surface area (Å²) in [6.07, 6.45) is 0.519. The molecule has 0 saturated carbocycles. The SMILES string of the molecule is CCOc1ccc(CC(=O)NCc2ccc(OC(C)C)cc2)cc1. The molecule has 1 N–H and O–H groups in total. The van der Waals surface area contributed by atoms with E-state index in [4.69, 9.17) is 9.47 Å². The molecule has 0 atom stereocenters. The summed E-state index contributed by atoms with van der Waals surface area (Å²) in [7, 11) is 0. The van der Waals surface area contributed by atoms with Gasteiger partial charge >= 0.3 is 0 Å². The van der Waals surface area contributed by atoms with Crippen LogP contribution < -0.4 is 14.8 Å². The van der Waals surface area contributed by atoms with Gasteiger partial charge in [-0.1, -0.05) is 24.3 Å². The average Bonchev–Trinajstić information content (AvgIpc) is 2.56. The Morgan fingerprint density at radius 1 is 0.958 bits per heavy atom. The number of benzene rings is 2. The van der Waals surface area contributed by atoms with Crippen molar-refractivity contribution in [2.24, 2.45) is 0 Å². The van der Waals surface area contributed by atoms with E-state index in [9.17, 15) is 4.79 Å². The lowest BCUT2D eigenvalue weighted by molar-refractivity contribution is -0.120. The molecule has 1 amide bonds. The van der Waals surface area contributed by atoms with E-state index in [1.807, 2.05) is 69.3 Å². The Kier molecular flexibility index (Phi) is 6.67. The van der Waals surface area contributed by atoms with Gasteiger partial charge in [0, 0.05) is 6.54 Å². The van der Waals surface area contributed by atoms with E-state index in [2.05, 4.69) is 5.32 Å². The van der Waals surface area contributed by atoms with Crippen molar-refractivity contribution in [3.8, 4) is 11.5 Å². The molecule has 0 fully saturated rings. The van der Waals surface area contributed by atoms with Gasteiger partial charge in [0.15, 0.2) is 0 Å². The monoisotopic (exact) mass is 327 g/mol. The maximum atomic E-state index is 12.0. The Labute approximate surface area is 143 Å². The third-order valence-corrected chi connectivity index (χ3v) is 3.38. The van der Waals surface area contributed by atoms with Gasteiger partial charge in [-0.25, -0.2) is 0 Å². The van der Waals surface area contributed by atoms with Gasteiger partial charge in [0.25, 0.3) is 0 Å². The summed E-state index contributed by atoms with van der Waals surface area (Å²) in [5, 5.41) is 2.94. The molecule has 0 aromatic heterocycles. The smallest absolute Gasteiger partial charge is 0.224 e. The highest BCUT2D eigenvalue weighted by Crippen LogP contribution is 2.14. The standard InChI is InChI=1S/C20H25NO3/c1-4-23-18-9-5-16(6-10-18)13-20(22)21-14-17-7-11-19(12-8-17)24-15(2)3/h5-12,15H,4,13-14H2,1-3H3,(H,21,22). The Morgan fingerprint density at radius 3 is 2.12 bits per heavy atom. The number of rotatable bonds is 8. The van der Waals surface area contributed by atoms with Crippen LogP contribution in [0.25, 0.3) is 0 Å². The lowest BCUT2D eigenvalue weighted by Crippen LogP contribution is -2.24. The van der Waals surface area contributed by atoms with E-state index in [1.165, 1.54) is 0 Å². The van der Waals surface area contributed by atoms with Crippen LogP contribution in [0.1, 0.15) is 31.9 Å². The number of amides is 1. The molecule has 0 heterocycles. The van der Waals surface area contributed by atoms with Gasteiger partial charge in [0.05, 0.1) is 19.1 Å². The number of carbonyl (C=O) groups excluding carboxylic acids is 1. The molecule has 0 aliphatic heterocycles. The van der Waals surface area contributed by atoms with Crippen molar-refractivity contribution in [2.45, 2.75) is 39.8 Å². The summed E-state index contributed by atoms with van der Waals surface area (Å²) in [4.78, 5) is 12.0. The van der Waals surface area contributed by atoms with Gasteiger partial charge in [0.1, 0.15) is 11.5 Å². The molecule has 0 radical (unpaired) electrons. The molecule has 2 rings (SSSR count). The van der Waals surface area contributed by atoms with Crippen molar-refractivity contribution in [1.29, 1.82) is 0 Å². The third-order valence-electron chi connectivity index (χ3n) is 3.38. The summed E-state index contributed by atoms with van der Waals surface area (Å²) in [6, 6.07) is 15.4. The molecular weight excluding hydrogens is 302 g/mol. The van der Waals surface area contributed by atoms with Crippen LogP contribution in [0.15, 0.2) is 48.5 Å². The lowest BCUT2D eigenvalue weighted by atomic mass is 10.1. The van der Waals surface area contributed by atoms with E-state index in [0.717, 1.165) is 22.6 Å². The zero-order chi connectivity index (χ0) is 17.4. The summed E-state index contributed by atoms with van der Waals surface area (Å²) < 4.78 is 11.0. The third kappa shape index (κ3) is 5.95. The molecule has 2 aromatic rings. The quantitative estimate of drug-likeness (QED) is 0.803. The first-order chi connectivity index (χ1) is 11.6. The van der Waals surface area contributed by atoms with Crippen LogP contribution in [-0.2, 0) is 17.8 Å². The fraction of sp³-hybridized carbons (Fsp3) is 0.350. The van der Waals surface area contributed by atoms with E-state index in [-0.39, 0.29) is 12.0 Å². The fourth-order valence-corrected chi connectivity index (χ4v) is 2.28. The van der Waals surface area contributed by atoms with E-state index >= 15 is 0 Å². The van der Waals surface area contributed by atoms with Gasteiger partial charge in [-0.05, 0) is 56.2 Å². The van der Waals surface area contributed by atoms with Gasteiger partial charge in [-0.2, -0.15) is 0 Å². The van der Waals surface area contributed by atoms with Gasteiger partial charge in [-0.3, -0.25) is 4.79 Å². The highest BCUT2D eigenvalue weighted by Gasteiger charge is 2.04. The zero-order valence-corrected chi connectivity index (χ0v) is 14.5. The van der Waals surface area contributed by atoms with Crippen LogP contribution in [0, 0.1) is 0 Å². The molecule has 24 heavy (non-hydrogen) atoms. The highest BCUT2D eigenvalue weighted by molar-refractivity contribution is 5.78. The Bertz CT molecular complexity index is 633. The van der Waals surface area contributed by atoms with Crippen LogP contribution in [-0.4, -0.2) is 18.6 Å². The van der Waals surface area contributed by atoms with E-state index in [1.54, 1.807) is 0 Å². The van der Waals surface area contributed by atoms with Crippen molar-refractivity contribution in [2.75, 3.05) is 6.61 Å². The van der Waals surface area contributed by atoms with Crippen molar-refractivity contribution >= 4 is 5.91 Å². The van der Waals surface area contributed by atoms with Crippen molar-refractivity contribution in [3.05, 3.63) is 59.7 Å². The normalized spacial score (nSPS) is 10.5. The number of hydrogen-bond acceptors (Lipinski definition) is 3. The van der Waals surface area contributed by atoms with Gasteiger partial charge in [0.2, 0.25) is 5.91 Å². The molecule has 0 aliphatic carbocycles. The Morgan fingerprint density at radius 2 is 1.54 bits per heavy atom. The van der Waals surface area contributed by atoms with Crippen LogP contribution in [0.5, 0.6) is 11.5 Å². The summed E-state index contributed by atoms with van der Waals surface area (Å²) in [6.45, 7) is 7.09. The van der Waals surface area contributed by atoms with Gasteiger partial charge in [-0.15, -0.1) is 0 Å². The minimum Gasteiger partial charge on any atom is -0.494 e. The first kappa shape index (κ1) is 17.9. The number of hydrogen-bond donors (Lipinski definition) is 1. The molecule has 0 spiro atoms. The average molecular weight is 327 g/mol. The topological polar surface area (TPSA) is 47.6 Å². The summed E-state index contributed by atoms with van der Waals surface area (Å²) in [5.74, 6) is 1.67. The molecule has 4 heteroatoms. The van der Waals surface area contributed by atoms with E-state index < -0.39 is 0 Å². The summed E-state index contributed by atoms with van der Waals surface area (Å²) >= 11 is 0. The lowest BCUT2D eigenvalue weighted by Gasteiger charge is -2.10. The highest BCUT2D eigenvalue weighted by atomic mass is 16.5. The van der Waals surface area contributed by atoms with Crippen LogP contribution in [0.2, 0.25) is 0 Å². The first-order valence-electron chi connectivity index (χ1n) is 8.31. The second-order valence-electron chi connectivity index (χ2n) is 5.84. The fourth-order valence-electron chi connectivity index (χ4n) is 2.28. The summed E-state index contributed by atoms with van der Waals surface area (Å²) in [5.41, 5.74) is 2.02. The van der Waals surface area contributed by atoms with E-state index in [0.29, 0.717) is 19.6 Å². The maximum absolute atomic E-state index is 12.0. The van der Waals surface area contributed by atoms with Crippen molar-refractivity contribution in [3.63, 3.8) is 0 Å². The molecular formula is C20H25NO3. The molecule has 0 bridgehead atoms. The maximum Gasteiger partial charge on any atom is 0.224 e. The second kappa shape index (κ2) is 8.96. The van der Waals surface area contributed by atoms with Crippen molar-refractivity contribution < 1.29 is 14.3 Å². The van der Waals surface area contributed by atoms with Crippen LogP contribution in [0.4, 0.5) is 0 Å². The largest absolute Gasteiger partial charge is 0.494 e. The Balaban J connectivity index is 1.80. The first-order valence-corrected chi connectivity index (χ1v) is 8.31. The minimum atomic E-state index is 0.00154. The predicted octanol–water partition coefficient (Wildman–Crippen LogP) is 3.73. The molecule has 0 saturated heterocycles. The Hall–Kier alpha value is -2.49. The molecule has 2 aromatic carbocycles. The number of ether oxygens (including phenoxy) is 2. The second-order valence-corrected chi connectivity index (χ2v) is 5.84. The van der Waals surface area contributed by atoms with Crippen LogP contribution in [0.3, 0.4) is 0 Å². The predicted molar refractivity (Wildman–Crippen MR) is 95.4 cm³/mol. The molecule has 128 valence electrons. The molecule has 0 aliphatic rings. The number of nitrogens with one attached hydrogen (secondary N) is 1. The van der Waals surface area contributed by atoms with Crippen molar-refractivity contribution in [1.82, 2.24) is 5.32 Å². The number of carbonyl (C=O) groups is 1. The molecule has 0 unspecified atom stereocenters. The van der Waals surface area contributed by atoms with Gasteiger partial charge < -0.3 is 14.8 Å². The zero-order valence-electron chi connectivity index (χ0n) is 14.5. The van der Waals surface area contributed by atoms with Crippen LogP contribution >= 0.6 is 0 Å². The minimum absolute atomic E-state index is 0.00154. The molecule has 4 nitrogen and oxygen atoms in total.